The molecule has 0 bridgehead atoms. The van der Waals surface area contributed by atoms with Crippen molar-refractivity contribution >= 4 is 11.9 Å². The standard InChI is InChI=1S/C11H15N3O3/c1-7(8-5-12-14(2)6-8)13-9(15)11(3-4-11)10(16)17/h5-7H,3-4H2,1-2H3,(H,13,15)(H,16,17). The Morgan fingerprint density at radius 1 is 1.59 bits per heavy atom. The van der Waals surface area contributed by atoms with E-state index in [1.807, 2.05) is 6.92 Å². The lowest BCUT2D eigenvalue weighted by atomic mass is 10.1. The van der Waals surface area contributed by atoms with E-state index in [0.29, 0.717) is 12.8 Å². The predicted octanol–water partition coefficient (Wildman–Crippen LogP) is 0.462. The van der Waals surface area contributed by atoms with Crippen LogP contribution in [0.25, 0.3) is 0 Å². The van der Waals surface area contributed by atoms with Gasteiger partial charge in [0, 0.05) is 18.8 Å². The number of carboxylic acids is 1. The van der Waals surface area contributed by atoms with Crippen molar-refractivity contribution in [3.05, 3.63) is 18.0 Å². The van der Waals surface area contributed by atoms with Crippen molar-refractivity contribution in [1.82, 2.24) is 15.1 Å². The second-order valence-corrected chi connectivity index (χ2v) is 4.53. The van der Waals surface area contributed by atoms with Crippen LogP contribution in [0.5, 0.6) is 0 Å². The summed E-state index contributed by atoms with van der Waals surface area (Å²) < 4.78 is 1.64. The van der Waals surface area contributed by atoms with E-state index in [-0.39, 0.29) is 6.04 Å². The average molecular weight is 237 g/mol. The van der Waals surface area contributed by atoms with Gasteiger partial charge in [-0.25, -0.2) is 0 Å². The smallest absolute Gasteiger partial charge is 0.319 e. The van der Waals surface area contributed by atoms with Gasteiger partial charge in [0.2, 0.25) is 5.91 Å². The minimum absolute atomic E-state index is 0.229. The summed E-state index contributed by atoms with van der Waals surface area (Å²) in [6, 6.07) is -0.229. The van der Waals surface area contributed by atoms with E-state index in [2.05, 4.69) is 10.4 Å². The summed E-state index contributed by atoms with van der Waals surface area (Å²) in [6.45, 7) is 1.81. The zero-order valence-corrected chi connectivity index (χ0v) is 9.80. The number of carbonyl (C=O) groups is 2. The highest BCUT2D eigenvalue weighted by Gasteiger charge is 2.57. The number of hydrogen-bond donors (Lipinski definition) is 2. The van der Waals surface area contributed by atoms with Crippen molar-refractivity contribution in [2.75, 3.05) is 0 Å². The third kappa shape index (κ3) is 2.02. The first-order valence-electron chi connectivity index (χ1n) is 5.48. The SMILES string of the molecule is CC(NC(=O)C1(C(=O)O)CC1)c1cnn(C)c1. The van der Waals surface area contributed by atoms with E-state index in [0.717, 1.165) is 5.56 Å². The van der Waals surface area contributed by atoms with Gasteiger partial charge in [0.25, 0.3) is 0 Å². The van der Waals surface area contributed by atoms with Crippen LogP contribution in [0.2, 0.25) is 0 Å². The Morgan fingerprint density at radius 3 is 2.65 bits per heavy atom. The van der Waals surface area contributed by atoms with Crippen LogP contribution in [-0.4, -0.2) is 26.8 Å². The highest BCUT2D eigenvalue weighted by molar-refractivity contribution is 6.04. The number of aliphatic carboxylic acids is 1. The largest absolute Gasteiger partial charge is 0.480 e. The van der Waals surface area contributed by atoms with Crippen LogP contribution < -0.4 is 5.32 Å². The molecule has 1 saturated carbocycles. The van der Waals surface area contributed by atoms with Gasteiger partial charge in [-0.15, -0.1) is 0 Å². The zero-order chi connectivity index (χ0) is 12.6. The van der Waals surface area contributed by atoms with Crippen LogP contribution in [0, 0.1) is 5.41 Å². The van der Waals surface area contributed by atoms with Gasteiger partial charge in [-0.05, 0) is 19.8 Å². The second-order valence-electron chi connectivity index (χ2n) is 4.53. The van der Waals surface area contributed by atoms with E-state index in [1.54, 1.807) is 24.1 Å². The van der Waals surface area contributed by atoms with Crippen LogP contribution in [0.4, 0.5) is 0 Å². The topological polar surface area (TPSA) is 84.2 Å². The normalized spacial score (nSPS) is 18.5. The summed E-state index contributed by atoms with van der Waals surface area (Å²) in [4.78, 5) is 22.8. The number of aryl methyl sites for hydroxylation is 1. The first kappa shape index (κ1) is 11.6. The van der Waals surface area contributed by atoms with Crippen LogP contribution in [0.3, 0.4) is 0 Å². The maximum atomic E-state index is 11.8. The lowest BCUT2D eigenvalue weighted by Crippen LogP contribution is -2.38. The minimum Gasteiger partial charge on any atom is -0.480 e. The van der Waals surface area contributed by atoms with E-state index >= 15 is 0 Å². The van der Waals surface area contributed by atoms with Gasteiger partial charge in [-0.3, -0.25) is 14.3 Å². The Labute approximate surface area is 98.6 Å². The van der Waals surface area contributed by atoms with Crippen molar-refractivity contribution in [2.24, 2.45) is 12.5 Å². The summed E-state index contributed by atoms with van der Waals surface area (Å²) in [5, 5.41) is 15.7. The Bertz CT molecular complexity index is 462. The molecule has 0 aliphatic heterocycles. The Kier molecular flexibility index (Phi) is 2.65. The molecule has 1 aromatic heterocycles. The number of hydrogen-bond acceptors (Lipinski definition) is 3. The highest BCUT2D eigenvalue weighted by atomic mass is 16.4. The molecule has 2 N–H and O–H groups in total. The van der Waals surface area contributed by atoms with Gasteiger partial charge in [-0.2, -0.15) is 5.10 Å². The fourth-order valence-corrected chi connectivity index (χ4v) is 1.74. The van der Waals surface area contributed by atoms with Gasteiger partial charge in [0.15, 0.2) is 0 Å². The fourth-order valence-electron chi connectivity index (χ4n) is 1.74. The Morgan fingerprint density at radius 2 is 2.24 bits per heavy atom. The van der Waals surface area contributed by atoms with Gasteiger partial charge in [0.05, 0.1) is 12.2 Å². The fraction of sp³-hybridized carbons (Fsp3) is 0.545. The number of aromatic nitrogens is 2. The van der Waals surface area contributed by atoms with Gasteiger partial charge in [-0.1, -0.05) is 0 Å². The van der Waals surface area contributed by atoms with Crippen molar-refractivity contribution in [3.63, 3.8) is 0 Å². The van der Waals surface area contributed by atoms with Crippen molar-refractivity contribution < 1.29 is 14.7 Å². The molecule has 1 unspecified atom stereocenters. The molecule has 1 aromatic rings. The Hall–Kier alpha value is -1.85. The van der Waals surface area contributed by atoms with Crippen LogP contribution >= 0.6 is 0 Å². The first-order chi connectivity index (χ1) is 7.95. The molecule has 1 fully saturated rings. The number of amides is 1. The summed E-state index contributed by atoms with van der Waals surface area (Å²) >= 11 is 0. The monoisotopic (exact) mass is 237 g/mol. The molecule has 1 aliphatic carbocycles. The summed E-state index contributed by atoms with van der Waals surface area (Å²) in [7, 11) is 1.79. The minimum atomic E-state index is -1.18. The average Bonchev–Trinajstić information content (AvgIpc) is 2.96. The first-order valence-corrected chi connectivity index (χ1v) is 5.48. The van der Waals surface area contributed by atoms with Crippen molar-refractivity contribution in [1.29, 1.82) is 0 Å². The predicted molar refractivity (Wildman–Crippen MR) is 59.1 cm³/mol. The molecule has 0 spiro atoms. The molecule has 17 heavy (non-hydrogen) atoms. The number of carboxylic acid groups (broad SMARTS) is 1. The molecule has 6 heteroatoms. The summed E-state index contributed by atoms with van der Waals surface area (Å²) in [5.74, 6) is -1.44. The molecule has 2 rings (SSSR count). The molecule has 92 valence electrons. The lowest BCUT2D eigenvalue weighted by Gasteiger charge is -2.15. The number of nitrogens with one attached hydrogen (secondary N) is 1. The van der Waals surface area contributed by atoms with E-state index in [4.69, 9.17) is 5.11 Å². The molecular weight excluding hydrogens is 222 g/mol. The van der Waals surface area contributed by atoms with E-state index < -0.39 is 17.3 Å². The maximum absolute atomic E-state index is 11.8. The lowest BCUT2D eigenvalue weighted by molar-refractivity contribution is -0.149. The van der Waals surface area contributed by atoms with Crippen LogP contribution in [0.15, 0.2) is 12.4 Å². The number of rotatable bonds is 4. The molecule has 1 heterocycles. The van der Waals surface area contributed by atoms with E-state index in [1.165, 1.54) is 0 Å². The molecule has 0 radical (unpaired) electrons. The molecule has 6 nitrogen and oxygen atoms in total. The van der Waals surface area contributed by atoms with Gasteiger partial charge < -0.3 is 10.4 Å². The van der Waals surface area contributed by atoms with Gasteiger partial charge in [0.1, 0.15) is 5.41 Å². The van der Waals surface area contributed by atoms with E-state index in [9.17, 15) is 9.59 Å². The summed E-state index contributed by atoms with van der Waals surface area (Å²) in [6.07, 6.45) is 4.30. The quantitative estimate of drug-likeness (QED) is 0.745. The molecule has 0 saturated heterocycles. The molecule has 0 aromatic carbocycles. The van der Waals surface area contributed by atoms with Gasteiger partial charge >= 0.3 is 5.97 Å². The highest BCUT2D eigenvalue weighted by Crippen LogP contribution is 2.46. The zero-order valence-electron chi connectivity index (χ0n) is 9.80. The van der Waals surface area contributed by atoms with Crippen LogP contribution in [0.1, 0.15) is 31.4 Å². The molecular formula is C11H15N3O3. The number of nitrogens with zero attached hydrogens (tertiary/aromatic N) is 2. The third-order valence-corrected chi connectivity index (χ3v) is 3.17. The molecule has 1 aliphatic rings. The molecule has 1 amide bonds. The van der Waals surface area contributed by atoms with Crippen molar-refractivity contribution in [3.8, 4) is 0 Å². The van der Waals surface area contributed by atoms with Crippen LogP contribution in [-0.2, 0) is 16.6 Å². The summed E-state index contributed by atoms with van der Waals surface area (Å²) in [5.41, 5.74) is -0.321. The Balaban J connectivity index is 2.02. The maximum Gasteiger partial charge on any atom is 0.319 e. The second kappa shape index (κ2) is 3.87. The molecule has 1 atom stereocenters. The third-order valence-electron chi connectivity index (χ3n) is 3.17. The van der Waals surface area contributed by atoms with Crippen molar-refractivity contribution in [2.45, 2.75) is 25.8 Å². The number of carbonyl (C=O) groups excluding carboxylic acids is 1.